The lowest BCUT2D eigenvalue weighted by atomic mass is 9.99. The van der Waals surface area contributed by atoms with Gasteiger partial charge in [-0.25, -0.2) is 24.7 Å². The predicted octanol–water partition coefficient (Wildman–Crippen LogP) is -2.90. The third kappa shape index (κ3) is 10.1. The number of nitrogens with zero attached hydrogens (tertiary/aromatic N) is 2. The van der Waals surface area contributed by atoms with E-state index in [4.69, 9.17) is 19.9 Å². The van der Waals surface area contributed by atoms with Gasteiger partial charge in [0.1, 0.15) is 42.7 Å². The molecule has 1 fully saturated rings. The number of ether oxygens (including phenoxy) is 3. The molecule has 1 aliphatic rings. The Morgan fingerprint density at radius 3 is 2.42 bits per heavy atom. The Morgan fingerprint density at radius 2 is 1.85 bits per heavy atom. The van der Waals surface area contributed by atoms with E-state index in [-0.39, 0.29) is 19.4 Å². The van der Waals surface area contributed by atoms with Crippen LogP contribution in [0.5, 0.6) is 0 Å². The molecular formula is C17H31N5O11. The second kappa shape index (κ2) is 12.4. The maximum atomic E-state index is 12.5. The van der Waals surface area contributed by atoms with Crippen molar-refractivity contribution >= 4 is 18.0 Å². The summed E-state index contributed by atoms with van der Waals surface area (Å²) < 4.78 is 15.1. The van der Waals surface area contributed by atoms with Crippen LogP contribution in [0.2, 0.25) is 0 Å². The molecule has 0 aliphatic carbocycles. The highest BCUT2D eigenvalue weighted by Crippen LogP contribution is 2.20. The number of amides is 1. The quantitative estimate of drug-likeness (QED) is 0.0436. The van der Waals surface area contributed by atoms with Crippen LogP contribution in [-0.4, -0.2) is 99.0 Å². The number of esters is 1. The van der Waals surface area contributed by atoms with Crippen molar-refractivity contribution < 1.29 is 49.3 Å². The third-order valence-electron chi connectivity index (χ3n) is 4.19. The molecule has 0 radical (unpaired) electrons. The molecule has 1 amide bonds. The molecule has 1 saturated heterocycles. The van der Waals surface area contributed by atoms with Crippen LogP contribution in [0.4, 0.5) is 4.79 Å². The highest BCUT2D eigenvalue weighted by Gasteiger charge is 2.43. The van der Waals surface area contributed by atoms with Crippen molar-refractivity contribution in [3.63, 3.8) is 0 Å². The van der Waals surface area contributed by atoms with Gasteiger partial charge in [-0.05, 0) is 33.6 Å². The molecule has 0 saturated carbocycles. The SMILES string of the molecule is CC(C)(C)OC(=O)NC(CCCN=C(N)N[N+](=O)[O-])C(=O)OCC1OC(O)C(O)C(O)C1O. The zero-order valence-electron chi connectivity index (χ0n) is 18.4. The molecule has 8 N–H and O–H groups in total. The Balaban J connectivity index is 2.73. The van der Waals surface area contributed by atoms with E-state index in [9.17, 15) is 40.1 Å². The normalized spacial score (nSPS) is 26.8. The molecule has 190 valence electrons. The standard InChI is InChI=1S/C17H31N5O11/c1-17(2,3)33-16(28)20-8(5-4-6-19-15(18)21-22(29)30)13(26)31-7-9-10(23)11(24)12(25)14(27)32-9/h8-12,14,23-25,27H,4-7H2,1-3H3,(H,20,28)(H3,18,19,21). The molecule has 0 spiro atoms. The number of nitrogens with one attached hydrogen (secondary N) is 2. The number of nitro groups is 1. The van der Waals surface area contributed by atoms with Crippen molar-refractivity contribution in [1.82, 2.24) is 10.7 Å². The lowest BCUT2D eigenvalue weighted by Crippen LogP contribution is -2.59. The van der Waals surface area contributed by atoms with E-state index in [1.807, 2.05) is 0 Å². The molecule has 1 aliphatic heterocycles. The van der Waals surface area contributed by atoms with Crippen molar-refractivity contribution in [3.05, 3.63) is 10.1 Å². The first-order valence-corrected chi connectivity index (χ1v) is 9.96. The molecule has 6 atom stereocenters. The molecule has 0 aromatic rings. The molecule has 6 unspecified atom stereocenters. The first kappa shape index (κ1) is 28.2. The fraction of sp³-hybridized carbons (Fsp3) is 0.824. The average Bonchev–Trinajstić information content (AvgIpc) is 2.68. The number of aliphatic hydroxyl groups is 4. The summed E-state index contributed by atoms with van der Waals surface area (Å²) in [6, 6.07) is -1.24. The first-order valence-electron chi connectivity index (χ1n) is 9.96. The Bertz CT molecular complexity index is 714. The van der Waals surface area contributed by atoms with Gasteiger partial charge >= 0.3 is 12.1 Å². The molecule has 0 aromatic carbocycles. The summed E-state index contributed by atoms with van der Waals surface area (Å²) in [6.07, 6.45) is -9.06. The van der Waals surface area contributed by atoms with Crippen LogP contribution in [0.25, 0.3) is 0 Å². The fourth-order valence-electron chi connectivity index (χ4n) is 2.66. The van der Waals surface area contributed by atoms with Gasteiger partial charge in [0.15, 0.2) is 11.3 Å². The fourth-order valence-corrected chi connectivity index (χ4v) is 2.66. The van der Waals surface area contributed by atoms with E-state index in [0.29, 0.717) is 0 Å². The van der Waals surface area contributed by atoms with E-state index in [1.54, 1.807) is 26.2 Å². The van der Waals surface area contributed by atoms with Crippen LogP contribution < -0.4 is 16.5 Å². The number of carbonyl (C=O) groups is 2. The number of carbonyl (C=O) groups excluding carboxylic acids is 2. The number of aliphatic imine (C=N–C) groups is 1. The Morgan fingerprint density at radius 1 is 1.21 bits per heavy atom. The summed E-state index contributed by atoms with van der Waals surface area (Å²) >= 11 is 0. The van der Waals surface area contributed by atoms with Gasteiger partial charge in [-0.2, -0.15) is 0 Å². The van der Waals surface area contributed by atoms with E-state index in [1.165, 1.54) is 0 Å². The minimum absolute atomic E-state index is 0.0207. The lowest BCUT2D eigenvalue weighted by molar-refractivity contribution is -0.525. The van der Waals surface area contributed by atoms with Gasteiger partial charge in [0.25, 0.3) is 5.96 Å². The van der Waals surface area contributed by atoms with Gasteiger partial charge in [-0.1, -0.05) is 5.43 Å². The summed E-state index contributed by atoms with van der Waals surface area (Å²) in [7, 11) is 0. The van der Waals surface area contributed by atoms with Gasteiger partial charge in [0, 0.05) is 6.54 Å². The highest BCUT2D eigenvalue weighted by atomic mass is 16.7. The number of aliphatic hydroxyl groups excluding tert-OH is 4. The number of hydrogen-bond acceptors (Lipinski definition) is 12. The summed E-state index contributed by atoms with van der Waals surface area (Å²) in [5.41, 5.74) is 6.10. The average molecular weight is 481 g/mol. The lowest BCUT2D eigenvalue weighted by Gasteiger charge is -2.38. The zero-order chi connectivity index (χ0) is 25.3. The van der Waals surface area contributed by atoms with Crippen LogP contribution in [-0.2, 0) is 19.0 Å². The summed E-state index contributed by atoms with van der Waals surface area (Å²) in [6.45, 7) is 4.23. The van der Waals surface area contributed by atoms with Crippen molar-refractivity contribution in [2.45, 2.75) is 76.0 Å². The molecule has 1 rings (SSSR count). The minimum atomic E-state index is -1.81. The molecule has 33 heavy (non-hydrogen) atoms. The van der Waals surface area contributed by atoms with Crippen molar-refractivity contribution in [2.24, 2.45) is 10.7 Å². The van der Waals surface area contributed by atoms with Crippen molar-refractivity contribution in [3.8, 4) is 0 Å². The van der Waals surface area contributed by atoms with Gasteiger partial charge in [-0.3, -0.25) is 0 Å². The Labute approximate surface area is 188 Å². The number of hydrazine groups is 1. The highest BCUT2D eigenvalue weighted by molar-refractivity contribution is 5.81. The van der Waals surface area contributed by atoms with Gasteiger partial charge in [0.05, 0.1) is 0 Å². The molecular weight excluding hydrogens is 450 g/mol. The van der Waals surface area contributed by atoms with E-state index >= 15 is 0 Å². The Hall–Kier alpha value is -2.79. The summed E-state index contributed by atoms with van der Waals surface area (Å²) in [4.78, 5) is 38.6. The Kier molecular flexibility index (Phi) is 10.7. The number of guanidine groups is 1. The predicted molar refractivity (Wildman–Crippen MR) is 109 cm³/mol. The second-order valence-electron chi connectivity index (χ2n) is 8.14. The summed E-state index contributed by atoms with van der Waals surface area (Å²) in [5, 5.41) is 50.4. The van der Waals surface area contributed by atoms with Gasteiger partial charge in [-0.15, -0.1) is 0 Å². The van der Waals surface area contributed by atoms with Crippen LogP contribution in [0, 0.1) is 10.1 Å². The van der Waals surface area contributed by atoms with E-state index in [0.717, 1.165) is 0 Å². The van der Waals surface area contributed by atoms with Crippen LogP contribution in [0.15, 0.2) is 4.99 Å². The van der Waals surface area contributed by atoms with Crippen molar-refractivity contribution in [2.75, 3.05) is 13.2 Å². The van der Waals surface area contributed by atoms with Crippen LogP contribution in [0.3, 0.4) is 0 Å². The van der Waals surface area contributed by atoms with Gasteiger partial charge < -0.3 is 45.7 Å². The molecule has 0 bridgehead atoms. The number of nitrogens with two attached hydrogens (primary N) is 1. The largest absolute Gasteiger partial charge is 0.461 e. The number of hydrogen-bond donors (Lipinski definition) is 7. The third-order valence-corrected chi connectivity index (χ3v) is 4.19. The maximum Gasteiger partial charge on any atom is 0.408 e. The van der Waals surface area contributed by atoms with Crippen molar-refractivity contribution in [1.29, 1.82) is 0 Å². The van der Waals surface area contributed by atoms with E-state index in [2.05, 4.69) is 10.3 Å². The maximum absolute atomic E-state index is 12.5. The minimum Gasteiger partial charge on any atom is -0.461 e. The second-order valence-corrected chi connectivity index (χ2v) is 8.14. The molecule has 1 heterocycles. The molecule has 16 heteroatoms. The first-order chi connectivity index (χ1) is 15.2. The van der Waals surface area contributed by atoms with Crippen LogP contribution in [0.1, 0.15) is 33.6 Å². The number of alkyl carbamates (subject to hydrolysis) is 1. The topological polar surface area (TPSA) is 248 Å². The molecule has 16 nitrogen and oxygen atoms in total. The monoisotopic (exact) mass is 481 g/mol. The smallest absolute Gasteiger partial charge is 0.408 e. The summed E-state index contributed by atoms with van der Waals surface area (Å²) in [5.74, 6) is -1.39. The molecule has 0 aromatic heterocycles. The van der Waals surface area contributed by atoms with Gasteiger partial charge in [0.2, 0.25) is 0 Å². The van der Waals surface area contributed by atoms with E-state index < -0.39 is 72.0 Å². The zero-order valence-corrected chi connectivity index (χ0v) is 18.4. The number of rotatable bonds is 9. The van der Waals surface area contributed by atoms with Crippen LogP contribution >= 0.6 is 0 Å².